The molecule has 0 saturated heterocycles. The van der Waals surface area contributed by atoms with Crippen LogP contribution in [-0.4, -0.2) is 36.6 Å². The summed E-state index contributed by atoms with van der Waals surface area (Å²) >= 11 is 0. The third-order valence-electron chi connectivity index (χ3n) is 3.37. The largest absolute Gasteiger partial charge is 0.336 e. The molecular formula is C15H24FN3O. The van der Waals surface area contributed by atoms with Crippen molar-refractivity contribution < 1.29 is 9.18 Å². The molecule has 0 aliphatic heterocycles. The monoisotopic (exact) mass is 281 g/mol. The number of amides is 2. The molecule has 0 aliphatic rings. The summed E-state index contributed by atoms with van der Waals surface area (Å²) in [5.41, 5.74) is 1.02. The van der Waals surface area contributed by atoms with Crippen molar-refractivity contribution in [2.45, 2.75) is 33.7 Å². The summed E-state index contributed by atoms with van der Waals surface area (Å²) in [5.74, 6) is -0.419. The summed E-state index contributed by atoms with van der Waals surface area (Å²) in [6, 6.07) is 4.59. The molecule has 0 aliphatic carbocycles. The molecule has 1 unspecified atom stereocenters. The predicted octanol–water partition coefficient (Wildman–Crippen LogP) is 2.99. The Balaban J connectivity index is 2.48. The van der Waals surface area contributed by atoms with Gasteiger partial charge in [-0.15, -0.1) is 0 Å². The lowest BCUT2D eigenvalue weighted by atomic mass is 10.2. The van der Waals surface area contributed by atoms with E-state index in [1.165, 1.54) is 6.07 Å². The van der Waals surface area contributed by atoms with Gasteiger partial charge in [-0.05, 0) is 44.6 Å². The van der Waals surface area contributed by atoms with Crippen LogP contribution in [0.1, 0.15) is 26.3 Å². The first-order valence-electron chi connectivity index (χ1n) is 7.03. The van der Waals surface area contributed by atoms with Crippen molar-refractivity contribution in [1.29, 1.82) is 0 Å². The van der Waals surface area contributed by atoms with Gasteiger partial charge in [-0.2, -0.15) is 0 Å². The highest BCUT2D eigenvalue weighted by atomic mass is 19.1. The Labute approximate surface area is 120 Å². The molecule has 0 saturated carbocycles. The minimum Gasteiger partial charge on any atom is -0.336 e. The summed E-state index contributed by atoms with van der Waals surface area (Å²) in [6.07, 6.45) is 0. The Morgan fingerprint density at radius 1 is 1.35 bits per heavy atom. The smallest absolute Gasteiger partial charge is 0.319 e. The number of hydrogen-bond donors (Lipinski definition) is 2. The number of benzene rings is 1. The molecule has 0 spiro atoms. The maximum Gasteiger partial charge on any atom is 0.319 e. The van der Waals surface area contributed by atoms with Crippen LogP contribution in [0.3, 0.4) is 0 Å². The standard InChI is InChI=1S/C15H24FN3O/c1-5-19(6-2)12(4)10-17-15(20)18-14-8-7-11(3)9-13(14)16/h7-9,12H,5-6,10H2,1-4H3,(H2,17,18,20). The molecule has 0 aromatic heterocycles. The molecule has 1 aromatic carbocycles. The summed E-state index contributed by atoms with van der Waals surface area (Å²) < 4.78 is 13.6. The lowest BCUT2D eigenvalue weighted by molar-refractivity contribution is 0.219. The maximum atomic E-state index is 13.6. The lowest BCUT2D eigenvalue weighted by Crippen LogP contribution is -2.43. The van der Waals surface area contributed by atoms with Crippen LogP contribution in [0.5, 0.6) is 0 Å². The minimum atomic E-state index is -0.419. The van der Waals surface area contributed by atoms with Crippen molar-refractivity contribution >= 4 is 11.7 Å². The van der Waals surface area contributed by atoms with Crippen molar-refractivity contribution in [1.82, 2.24) is 10.2 Å². The van der Waals surface area contributed by atoms with E-state index in [0.29, 0.717) is 6.54 Å². The molecule has 1 atom stereocenters. The van der Waals surface area contributed by atoms with Crippen LogP contribution in [0, 0.1) is 12.7 Å². The molecule has 2 N–H and O–H groups in total. The number of halogens is 1. The highest BCUT2D eigenvalue weighted by Gasteiger charge is 2.12. The second-order valence-electron chi connectivity index (χ2n) is 4.89. The third-order valence-corrected chi connectivity index (χ3v) is 3.37. The molecule has 5 heteroatoms. The molecule has 20 heavy (non-hydrogen) atoms. The van der Waals surface area contributed by atoms with E-state index in [0.717, 1.165) is 18.7 Å². The van der Waals surface area contributed by atoms with Gasteiger partial charge in [0.25, 0.3) is 0 Å². The summed E-state index contributed by atoms with van der Waals surface area (Å²) in [7, 11) is 0. The number of rotatable bonds is 6. The highest BCUT2D eigenvalue weighted by molar-refractivity contribution is 5.89. The molecule has 0 heterocycles. The molecule has 1 rings (SSSR count). The van der Waals surface area contributed by atoms with E-state index in [9.17, 15) is 9.18 Å². The van der Waals surface area contributed by atoms with E-state index >= 15 is 0 Å². The van der Waals surface area contributed by atoms with Crippen molar-refractivity contribution in [2.24, 2.45) is 0 Å². The second-order valence-corrected chi connectivity index (χ2v) is 4.89. The van der Waals surface area contributed by atoms with Crippen LogP contribution in [0.4, 0.5) is 14.9 Å². The second kappa shape index (κ2) is 7.85. The number of carbonyl (C=O) groups excluding carboxylic acids is 1. The summed E-state index contributed by atoms with van der Waals surface area (Å²) in [4.78, 5) is 14.0. The van der Waals surface area contributed by atoms with Gasteiger partial charge in [-0.3, -0.25) is 4.90 Å². The van der Waals surface area contributed by atoms with E-state index in [-0.39, 0.29) is 17.8 Å². The maximum absolute atomic E-state index is 13.6. The Morgan fingerprint density at radius 2 is 2.00 bits per heavy atom. The predicted molar refractivity (Wildman–Crippen MR) is 80.5 cm³/mol. The fourth-order valence-corrected chi connectivity index (χ4v) is 2.10. The quantitative estimate of drug-likeness (QED) is 0.842. The zero-order valence-electron chi connectivity index (χ0n) is 12.7. The van der Waals surface area contributed by atoms with Crippen LogP contribution < -0.4 is 10.6 Å². The molecule has 0 radical (unpaired) electrons. The van der Waals surface area contributed by atoms with Crippen LogP contribution in [0.15, 0.2) is 18.2 Å². The SMILES string of the molecule is CCN(CC)C(C)CNC(=O)Nc1ccc(C)cc1F. The fraction of sp³-hybridized carbons (Fsp3) is 0.533. The number of hydrogen-bond acceptors (Lipinski definition) is 2. The normalized spacial score (nSPS) is 12.3. The van der Waals surface area contributed by atoms with Crippen molar-refractivity contribution in [2.75, 3.05) is 25.0 Å². The minimum absolute atomic E-state index is 0.198. The van der Waals surface area contributed by atoms with E-state index in [1.54, 1.807) is 19.1 Å². The van der Waals surface area contributed by atoms with Gasteiger partial charge in [-0.1, -0.05) is 19.9 Å². The van der Waals surface area contributed by atoms with Crippen LogP contribution in [-0.2, 0) is 0 Å². The first kappa shape index (κ1) is 16.4. The molecule has 1 aromatic rings. The Bertz CT molecular complexity index is 447. The van der Waals surface area contributed by atoms with Gasteiger partial charge in [0.1, 0.15) is 5.82 Å². The van der Waals surface area contributed by atoms with Crippen molar-refractivity contribution in [3.05, 3.63) is 29.6 Å². The van der Waals surface area contributed by atoms with Crippen LogP contribution >= 0.6 is 0 Å². The molecule has 4 nitrogen and oxygen atoms in total. The van der Waals surface area contributed by atoms with Gasteiger partial charge >= 0.3 is 6.03 Å². The van der Waals surface area contributed by atoms with E-state index in [4.69, 9.17) is 0 Å². The van der Waals surface area contributed by atoms with Crippen LogP contribution in [0.2, 0.25) is 0 Å². The number of likely N-dealkylation sites (N-methyl/N-ethyl adjacent to an activating group) is 1. The molecule has 112 valence electrons. The molecule has 2 amide bonds. The van der Waals surface area contributed by atoms with E-state index < -0.39 is 5.82 Å². The zero-order valence-corrected chi connectivity index (χ0v) is 12.7. The Morgan fingerprint density at radius 3 is 2.55 bits per heavy atom. The summed E-state index contributed by atoms with van der Waals surface area (Å²) in [6.45, 7) is 10.4. The summed E-state index contributed by atoms with van der Waals surface area (Å²) in [5, 5.41) is 5.29. The molecule has 0 fully saturated rings. The average Bonchev–Trinajstić information content (AvgIpc) is 2.41. The van der Waals surface area contributed by atoms with Gasteiger partial charge in [0, 0.05) is 12.6 Å². The Hall–Kier alpha value is -1.62. The van der Waals surface area contributed by atoms with Crippen LogP contribution in [0.25, 0.3) is 0 Å². The van der Waals surface area contributed by atoms with Gasteiger partial charge < -0.3 is 10.6 Å². The number of nitrogens with one attached hydrogen (secondary N) is 2. The van der Waals surface area contributed by atoms with Gasteiger partial charge in [0.15, 0.2) is 0 Å². The molecule has 0 bridgehead atoms. The highest BCUT2D eigenvalue weighted by Crippen LogP contribution is 2.14. The average molecular weight is 281 g/mol. The number of aryl methyl sites for hydroxylation is 1. The number of anilines is 1. The van der Waals surface area contributed by atoms with E-state index in [1.807, 2.05) is 0 Å². The number of nitrogens with zero attached hydrogens (tertiary/aromatic N) is 1. The van der Waals surface area contributed by atoms with E-state index in [2.05, 4.69) is 36.3 Å². The third kappa shape index (κ3) is 4.81. The van der Waals surface area contributed by atoms with Gasteiger partial charge in [-0.25, -0.2) is 9.18 Å². The number of carbonyl (C=O) groups is 1. The topological polar surface area (TPSA) is 44.4 Å². The number of urea groups is 1. The first-order chi connectivity index (χ1) is 9.47. The first-order valence-corrected chi connectivity index (χ1v) is 7.03. The Kier molecular flexibility index (Phi) is 6.45. The van der Waals surface area contributed by atoms with Gasteiger partial charge in [0.2, 0.25) is 0 Å². The zero-order chi connectivity index (χ0) is 15.1. The molecular weight excluding hydrogens is 257 g/mol. The van der Waals surface area contributed by atoms with Gasteiger partial charge in [0.05, 0.1) is 5.69 Å². The lowest BCUT2D eigenvalue weighted by Gasteiger charge is -2.26. The van der Waals surface area contributed by atoms with Crippen molar-refractivity contribution in [3.8, 4) is 0 Å². The van der Waals surface area contributed by atoms with Crippen molar-refractivity contribution in [3.63, 3.8) is 0 Å². The fourth-order valence-electron chi connectivity index (χ4n) is 2.10.